The summed E-state index contributed by atoms with van der Waals surface area (Å²) in [5, 5.41) is 8.27. The quantitative estimate of drug-likeness (QED) is 0.0351. The van der Waals surface area contributed by atoms with Gasteiger partial charge < -0.3 is 19.5 Å². The number of benzene rings is 8. The molecule has 0 fully saturated rings. The van der Waals surface area contributed by atoms with E-state index in [-0.39, 0.29) is 18.2 Å². The number of aromatic nitrogens is 1. The number of Topliss-reactive ketones (excluding diaryl/α,β-unsaturated/α-hetero) is 1. The Morgan fingerprint density at radius 3 is 1.75 bits per heavy atom. The van der Waals surface area contributed by atoms with Gasteiger partial charge in [-0.1, -0.05) is 219 Å². The van der Waals surface area contributed by atoms with E-state index in [1.807, 2.05) is 42.5 Å². The highest BCUT2D eigenvalue weighted by Gasteiger charge is 2.19. The van der Waals surface area contributed by atoms with E-state index in [2.05, 4.69) is 201 Å². The third-order valence-corrected chi connectivity index (χ3v) is 14.5. The lowest BCUT2D eigenvalue weighted by Crippen LogP contribution is -2.38. The number of methoxy groups -OCH3 is 2. The minimum Gasteiger partial charge on any atom is -0.497 e. The molecule has 0 aliphatic carbocycles. The predicted molar refractivity (Wildman–Crippen MR) is 340 cm³/mol. The first kappa shape index (κ1) is 60.9. The molecule has 414 valence electrons. The monoisotopic (exact) mass is 1080 g/mol. The van der Waals surface area contributed by atoms with Gasteiger partial charge in [0.15, 0.2) is 5.78 Å². The minimum absolute atomic E-state index is 0. The van der Waals surface area contributed by atoms with Crippen molar-refractivity contribution in [2.24, 2.45) is 5.92 Å². The van der Waals surface area contributed by atoms with Gasteiger partial charge in [-0.25, -0.2) is 0 Å². The number of nitrogens with zero attached hydrogens (tertiary/aromatic N) is 2. The molecule has 9 rings (SSSR count). The number of hydrogen-bond donors (Lipinski definition) is 1. The standard InChI is InChI=1S/C31H31NO.C23H32N2.C18H22O2.ClH/c1-3-4-6-14-29-28-13-9-10-15-30(28)32(22-23-11-7-5-8-12-23)31(29)26-17-16-25-21-27(33-2)19-18-24(25)20-26;1-4-5-6-13-18-23(20(2)3)24-25(22-16-11-8-12-17-22)19-21-14-9-7-10-15-21;1-3-4-5-6-7-18(19)16-9-8-15-13-17(20-2)11-10-14(15)12-16;/h5,7-13,15-21H,3-4,6,14,22H2,1-2H3;7-12,14-18,20,24H,4-6,13,19H2,1-3H3;8-13H,3-7H2,1-2H3;1H. The van der Waals surface area contributed by atoms with E-state index in [1.165, 1.54) is 112 Å². The lowest BCUT2D eigenvalue weighted by atomic mass is 9.98. The molecule has 1 aromatic heterocycles. The summed E-state index contributed by atoms with van der Waals surface area (Å²) < 4.78 is 13.2. The zero-order valence-corrected chi connectivity index (χ0v) is 49.0. The fourth-order valence-electron chi connectivity index (χ4n) is 10.1. The Morgan fingerprint density at radius 2 is 1.11 bits per heavy atom. The van der Waals surface area contributed by atoms with Crippen molar-refractivity contribution in [3.8, 4) is 22.8 Å². The number of allylic oxidation sites excluding steroid dienone is 2. The van der Waals surface area contributed by atoms with Crippen LogP contribution in [0.5, 0.6) is 11.5 Å². The van der Waals surface area contributed by atoms with Crippen molar-refractivity contribution in [3.05, 3.63) is 222 Å². The lowest BCUT2D eigenvalue weighted by molar-refractivity contribution is 0.0979. The number of hydrogen-bond acceptors (Lipinski definition) is 5. The number of fused-ring (bicyclic) bond motifs is 3. The molecular formula is C72H86ClN3O3. The Kier molecular flexibility index (Phi) is 25.1. The van der Waals surface area contributed by atoms with Crippen LogP contribution >= 0.6 is 12.4 Å². The second-order valence-corrected chi connectivity index (χ2v) is 20.8. The van der Waals surface area contributed by atoms with Crippen LogP contribution < -0.4 is 19.9 Å². The van der Waals surface area contributed by atoms with Gasteiger partial charge in [-0.05, 0) is 136 Å². The molecule has 0 aliphatic heterocycles. The van der Waals surface area contributed by atoms with E-state index in [4.69, 9.17) is 9.47 Å². The molecule has 79 heavy (non-hydrogen) atoms. The number of aryl methyl sites for hydroxylation is 1. The van der Waals surface area contributed by atoms with Crippen molar-refractivity contribution in [2.45, 2.75) is 131 Å². The van der Waals surface area contributed by atoms with E-state index in [1.54, 1.807) is 14.2 Å². The average Bonchev–Trinajstić information content (AvgIpc) is 3.85. The number of nitrogens with one attached hydrogen (secondary N) is 1. The van der Waals surface area contributed by atoms with Crippen molar-refractivity contribution >= 4 is 56.3 Å². The average molecular weight is 1080 g/mol. The molecule has 6 nitrogen and oxygen atoms in total. The van der Waals surface area contributed by atoms with E-state index < -0.39 is 0 Å². The summed E-state index contributed by atoms with van der Waals surface area (Å²) in [6, 6.07) is 65.9. The molecule has 0 saturated carbocycles. The van der Waals surface area contributed by atoms with Gasteiger partial charge in [0.1, 0.15) is 11.5 Å². The van der Waals surface area contributed by atoms with Crippen molar-refractivity contribution in [3.63, 3.8) is 0 Å². The first-order valence-corrected chi connectivity index (χ1v) is 28.9. The predicted octanol–water partition coefficient (Wildman–Crippen LogP) is 20.0. The minimum atomic E-state index is 0. The van der Waals surface area contributed by atoms with Gasteiger partial charge in [0.25, 0.3) is 0 Å². The third kappa shape index (κ3) is 17.9. The second-order valence-electron chi connectivity index (χ2n) is 20.8. The highest BCUT2D eigenvalue weighted by Crippen LogP contribution is 2.38. The molecular weight excluding hydrogens is 990 g/mol. The number of hydrazine groups is 1. The van der Waals surface area contributed by atoms with Crippen LogP contribution in [0.4, 0.5) is 5.69 Å². The largest absolute Gasteiger partial charge is 0.497 e. The molecule has 9 aromatic rings. The zero-order chi connectivity index (χ0) is 54.9. The first-order chi connectivity index (χ1) is 38.2. The zero-order valence-electron chi connectivity index (χ0n) is 48.2. The molecule has 0 saturated heterocycles. The Bertz CT molecular complexity index is 3260. The van der Waals surface area contributed by atoms with Gasteiger partial charge in [-0.3, -0.25) is 9.80 Å². The van der Waals surface area contributed by atoms with Crippen molar-refractivity contribution < 1.29 is 14.3 Å². The van der Waals surface area contributed by atoms with Crippen molar-refractivity contribution in [1.82, 2.24) is 9.99 Å². The summed E-state index contributed by atoms with van der Waals surface area (Å²) >= 11 is 0. The Balaban J connectivity index is 0.000000197. The van der Waals surface area contributed by atoms with E-state index >= 15 is 0 Å². The van der Waals surface area contributed by atoms with Gasteiger partial charge in [0.05, 0.1) is 32.1 Å². The fourth-order valence-corrected chi connectivity index (χ4v) is 10.1. The van der Waals surface area contributed by atoms with Gasteiger partial charge in [-0.15, -0.1) is 12.4 Å². The molecule has 8 aromatic carbocycles. The van der Waals surface area contributed by atoms with Gasteiger partial charge in [-0.2, -0.15) is 0 Å². The molecule has 7 heteroatoms. The summed E-state index contributed by atoms with van der Waals surface area (Å²) in [4.78, 5) is 12.1. The number of ether oxygens (including phenoxy) is 2. The highest BCUT2D eigenvalue weighted by atomic mass is 35.5. The van der Waals surface area contributed by atoms with Crippen LogP contribution in [-0.2, 0) is 19.5 Å². The lowest BCUT2D eigenvalue weighted by Gasteiger charge is -2.29. The van der Waals surface area contributed by atoms with Crippen LogP contribution in [0, 0.1) is 5.92 Å². The summed E-state index contributed by atoms with van der Waals surface area (Å²) in [6.07, 6.45) is 17.4. The maximum Gasteiger partial charge on any atom is 0.162 e. The molecule has 1 heterocycles. The van der Waals surface area contributed by atoms with E-state index in [9.17, 15) is 4.79 Å². The number of anilines is 1. The van der Waals surface area contributed by atoms with Gasteiger partial charge >= 0.3 is 0 Å². The normalized spacial score (nSPS) is 11.1. The number of halogens is 1. The topological polar surface area (TPSA) is 55.7 Å². The number of carbonyl (C=O) groups excluding carboxylic acids is 1. The van der Waals surface area contributed by atoms with Crippen LogP contribution in [0.2, 0.25) is 0 Å². The maximum atomic E-state index is 12.1. The van der Waals surface area contributed by atoms with Crippen LogP contribution in [-0.4, -0.2) is 24.6 Å². The van der Waals surface area contributed by atoms with E-state index in [0.29, 0.717) is 12.3 Å². The Morgan fingerprint density at radius 1 is 0.570 bits per heavy atom. The van der Waals surface area contributed by atoms with Crippen LogP contribution in [0.3, 0.4) is 0 Å². The SMILES string of the molecule is CCCCCC=C(NN(Cc1ccccc1)c1ccccc1)C(C)C.CCCCCCC(=O)c1ccc2cc(OC)ccc2c1.CCCCCc1c(-c2ccc3cc(OC)ccc3c2)n(Cc2ccccc2)c2ccccc12.Cl. The van der Waals surface area contributed by atoms with Crippen LogP contribution in [0.25, 0.3) is 43.7 Å². The van der Waals surface area contributed by atoms with Crippen molar-refractivity contribution in [1.29, 1.82) is 0 Å². The number of carbonyl (C=O) groups is 1. The molecule has 1 N–H and O–H groups in total. The molecule has 0 bridgehead atoms. The summed E-state index contributed by atoms with van der Waals surface area (Å²) in [6.45, 7) is 12.9. The molecule has 0 atom stereocenters. The molecule has 0 aliphatic rings. The second kappa shape index (κ2) is 32.6. The number of para-hydroxylation sites is 2. The summed E-state index contributed by atoms with van der Waals surface area (Å²) in [7, 11) is 3.38. The third-order valence-electron chi connectivity index (χ3n) is 14.5. The molecule has 0 unspecified atom stereocenters. The van der Waals surface area contributed by atoms with Crippen molar-refractivity contribution in [2.75, 3.05) is 19.2 Å². The first-order valence-electron chi connectivity index (χ1n) is 28.9. The maximum absolute atomic E-state index is 12.1. The number of ketones is 1. The molecule has 0 radical (unpaired) electrons. The number of unbranched alkanes of at least 4 members (excludes halogenated alkanes) is 8. The summed E-state index contributed by atoms with van der Waals surface area (Å²) in [5.41, 5.74) is 15.1. The number of rotatable bonds is 25. The van der Waals surface area contributed by atoms with Crippen LogP contribution in [0.1, 0.15) is 139 Å². The molecule has 0 spiro atoms. The van der Waals surface area contributed by atoms with Gasteiger partial charge in [0, 0.05) is 35.1 Å². The smallest absolute Gasteiger partial charge is 0.162 e. The van der Waals surface area contributed by atoms with Gasteiger partial charge in [0.2, 0.25) is 0 Å². The van der Waals surface area contributed by atoms with Crippen LogP contribution in [0.15, 0.2) is 200 Å². The Labute approximate surface area is 479 Å². The summed E-state index contributed by atoms with van der Waals surface area (Å²) in [5.74, 6) is 2.47. The Hall–Kier alpha value is -7.28. The van der Waals surface area contributed by atoms with E-state index in [0.717, 1.165) is 66.6 Å². The fraction of sp³-hybridized carbons (Fsp3) is 0.319. The highest BCUT2D eigenvalue weighted by molar-refractivity contribution is 6.00. The molecule has 0 amide bonds.